The Kier molecular flexibility index (Phi) is 6.61. The second kappa shape index (κ2) is 8.62. The predicted octanol–water partition coefficient (Wildman–Crippen LogP) is 2.37. The largest absolute Gasteiger partial charge is 0.466 e. The summed E-state index contributed by atoms with van der Waals surface area (Å²) in [6.45, 7) is 2.56. The molecule has 0 unspecified atom stereocenters. The van der Waals surface area contributed by atoms with Crippen molar-refractivity contribution in [3.8, 4) is 0 Å². The summed E-state index contributed by atoms with van der Waals surface area (Å²) in [6.07, 6.45) is 0.850. The van der Waals surface area contributed by atoms with E-state index in [2.05, 4.69) is 0 Å². The predicted molar refractivity (Wildman–Crippen MR) is 102 cm³/mol. The highest BCUT2D eigenvalue weighted by molar-refractivity contribution is 7.89. The Morgan fingerprint density at radius 1 is 1.36 bits per heavy atom. The van der Waals surface area contributed by atoms with E-state index in [0.717, 1.165) is 0 Å². The van der Waals surface area contributed by atoms with E-state index < -0.39 is 27.1 Å². The molecule has 3 rings (SSSR count). The standard InChI is InChI=1S/C18H24ClFN2O5S/c1-3-26-18(23)12-6-8-22(9-7-12)28(24,25)16-11-27-21(2)17(16)13-4-5-15(20)14(19)10-13/h4-5,10,12,16-17H,3,6-9,11H2,1-2H3/t16-,17+/m0/s1. The van der Waals surface area contributed by atoms with Crippen LogP contribution in [0.25, 0.3) is 0 Å². The lowest BCUT2D eigenvalue weighted by molar-refractivity contribution is -0.149. The summed E-state index contributed by atoms with van der Waals surface area (Å²) in [7, 11) is -2.06. The number of piperidine rings is 1. The van der Waals surface area contributed by atoms with E-state index in [1.54, 1.807) is 14.0 Å². The van der Waals surface area contributed by atoms with Crippen molar-refractivity contribution in [1.82, 2.24) is 9.37 Å². The van der Waals surface area contributed by atoms with Gasteiger partial charge in [0.2, 0.25) is 10.0 Å². The van der Waals surface area contributed by atoms with Crippen molar-refractivity contribution in [1.29, 1.82) is 0 Å². The zero-order chi connectivity index (χ0) is 20.5. The Hall–Kier alpha value is -1.26. The third-order valence-corrected chi connectivity index (χ3v) is 7.82. The molecule has 2 atom stereocenters. The van der Waals surface area contributed by atoms with Crippen molar-refractivity contribution in [2.24, 2.45) is 5.92 Å². The Bertz CT molecular complexity index is 829. The summed E-state index contributed by atoms with van der Waals surface area (Å²) in [4.78, 5) is 17.4. The number of halogens is 2. The number of benzene rings is 1. The molecule has 1 aromatic carbocycles. The van der Waals surface area contributed by atoms with E-state index in [1.165, 1.54) is 27.6 Å². The van der Waals surface area contributed by atoms with Crippen LogP contribution >= 0.6 is 11.6 Å². The van der Waals surface area contributed by atoms with E-state index in [4.69, 9.17) is 21.2 Å². The summed E-state index contributed by atoms with van der Waals surface area (Å²) in [6, 6.07) is 3.57. The van der Waals surface area contributed by atoms with Crippen LogP contribution in [0, 0.1) is 11.7 Å². The molecule has 0 saturated carbocycles. The third-order valence-electron chi connectivity index (χ3n) is 5.29. The number of carbonyl (C=O) groups is 1. The second-order valence-electron chi connectivity index (χ2n) is 6.97. The van der Waals surface area contributed by atoms with Gasteiger partial charge in [0, 0.05) is 20.1 Å². The molecule has 2 heterocycles. The first-order valence-electron chi connectivity index (χ1n) is 9.22. The summed E-state index contributed by atoms with van der Waals surface area (Å²) in [5, 5.41) is 0.555. The molecule has 0 radical (unpaired) electrons. The molecule has 28 heavy (non-hydrogen) atoms. The number of hydrogen-bond donors (Lipinski definition) is 0. The van der Waals surface area contributed by atoms with Gasteiger partial charge in [0.15, 0.2) is 0 Å². The number of esters is 1. The molecule has 1 aromatic rings. The van der Waals surface area contributed by atoms with Gasteiger partial charge in [0.1, 0.15) is 11.1 Å². The Morgan fingerprint density at radius 3 is 2.64 bits per heavy atom. The minimum absolute atomic E-state index is 0.00367. The minimum Gasteiger partial charge on any atom is -0.466 e. The van der Waals surface area contributed by atoms with Gasteiger partial charge in [-0.15, -0.1) is 0 Å². The molecule has 7 nitrogen and oxygen atoms in total. The first kappa shape index (κ1) is 21.4. The molecular weight excluding hydrogens is 411 g/mol. The molecule has 2 aliphatic heterocycles. The number of hydrogen-bond acceptors (Lipinski definition) is 6. The fourth-order valence-electron chi connectivity index (χ4n) is 3.76. The molecule has 0 aliphatic carbocycles. The highest BCUT2D eigenvalue weighted by Crippen LogP contribution is 2.37. The zero-order valence-electron chi connectivity index (χ0n) is 15.8. The average molecular weight is 435 g/mol. The number of nitrogens with zero attached hydrogens (tertiary/aromatic N) is 2. The first-order valence-corrected chi connectivity index (χ1v) is 11.1. The van der Waals surface area contributed by atoms with Crippen LogP contribution in [-0.4, -0.2) is 62.4 Å². The number of sulfonamides is 1. The van der Waals surface area contributed by atoms with Crippen molar-refractivity contribution in [3.05, 3.63) is 34.6 Å². The van der Waals surface area contributed by atoms with E-state index in [-0.39, 0.29) is 36.6 Å². The van der Waals surface area contributed by atoms with Crippen LogP contribution in [0.5, 0.6) is 0 Å². The van der Waals surface area contributed by atoms with E-state index >= 15 is 0 Å². The summed E-state index contributed by atoms with van der Waals surface area (Å²) in [5.74, 6) is -1.12. The van der Waals surface area contributed by atoms with Gasteiger partial charge < -0.3 is 4.74 Å². The topological polar surface area (TPSA) is 76.1 Å². The van der Waals surface area contributed by atoms with Crippen molar-refractivity contribution in [3.63, 3.8) is 0 Å². The van der Waals surface area contributed by atoms with Crippen LogP contribution in [0.4, 0.5) is 4.39 Å². The number of ether oxygens (including phenoxy) is 1. The van der Waals surface area contributed by atoms with Gasteiger partial charge in [-0.3, -0.25) is 9.63 Å². The van der Waals surface area contributed by atoms with E-state index in [1.807, 2.05) is 0 Å². The Balaban J connectivity index is 1.77. The lowest BCUT2D eigenvalue weighted by atomic mass is 9.98. The van der Waals surface area contributed by atoms with Gasteiger partial charge in [-0.05, 0) is 37.5 Å². The molecule has 2 saturated heterocycles. The first-order chi connectivity index (χ1) is 13.3. The van der Waals surface area contributed by atoms with Crippen molar-refractivity contribution < 1.29 is 27.2 Å². The van der Waals surface area contributed by atoms with Crippen LogP contribution in [0.1, 0.15) is 31.4 Å². The maximum Gasteiger partial charge on any atom is 0.309 e. The molecule has 0 spiro atoms. The number of rotatable bonds is 5. The Labute approximate surface area is 169 Å². The molecular formula is C18H24ClFN2O5S. The van der Waals surface area contributed by atoms with Crippen molar-refractivity contribution >= 4 is 27.6 Å². The van der Waals surface area contributed by atoms with Crippen LogP contribution in [0.3, 0.4) is 0 Å². The molecule has 2 fully saturated rings. The molecule has 0 aromatic heterocycles. The molecule has 0 amide bonds. The fraction of sp³-hybridized carbons (Fsp3) is 0.611. The zero-order valence-corrected chi connectivity index (χ0v) is 17.4. The molecule has 156 valence electrons. The van der Waals surface area contributed by atoms with Crippen molar-refractivity contribution in [2.45, 2.75) is 31.1 Å². The van der Waals surface area contributed by atoms with Gasteiger partial charge in [-0.2, -0.15) is 5.06 Å². The van der Waals surface area contributed by atoms with Gasteiger partial charge in [0.05, 0.1) is 30.2 Å². The van der Waals surface area contributed by atoms with Crippen molar-refractivity contribution in [2.75, 3.05) is 33.4 Å². The van der Waals surface area contributed by atoms with Gasteiger partial charge in [-0.1, -0.05) is 17.7 Å². The van der Waals surface area contributed by atoms with Gasteiger partial charge in [-0.25, -0.2) is 17.1 Å². The summed E-state index contributed by atoms with van der Waals surface area (Å²) in [5.41, 5.74) is 0.571. The average Bonchev–Trinajstić information content (AvgIpc) is 3.06. The normalized spacial score (nSPS) is 25.1. The van der Waals surface area contributed by atoms with Gasteiger partial charge >= 0.3 is 5.97 Å². The van der Waals surface area contributed by atoms with Crippen LogP contribution < -0.4 is 0 Å². The van der Waals surface area contributed by atoms with Crippen LogP contribution in [0.15, 0.2) is 18.2 Å². The molecule has 0 bridgehead atoms. The number of hydroxylamine groups is 2. The highest BCUT2D eigenvalue weighted by atomic mass is 35.5. The van der Waals surface area contributed by atoms with E-state index in [9.17, 15) is 17.6 Å². The van der Waals surface area contributed by atoms with Crippen LogP contribution in [-0.2, 0) is 24.4 Å². The highest BCUT2D eigenvalue weighted by Gasteiger charge is 2.46. The molecule has 10 heteroatoms. The Morgan fingerprint density at radius 2 is 2.04 bits per heavy atom. The number of carbonyl (C=O) groups excluding carboxylic acids is 1. The third kappa shape index (κ3) is 4.18. The van der Waals surface area contributed by atoms with Gasteiger partial charge in [0.25, 0.3) is 0 Å². The lowest BCUT2D eigenvalue weighted by Gasteiger charge is -2.33. The SMILES string of the molecule is CCOC(=O)C1CCN(S(=O)(=O)[C@H]2CON(C)[C@@H]2c2ccc(F)c(Cl)c2)CC1. The second-order valence-corrected chi connectivity index (χ2v) is 9.53. The quantitative estimate of drug-likeness (QED) is 0.662. The van der Waals surface area contributed by atoms with E-state index in [0.29, 0.717) is 25.0 Å². The maximum absolute atomic E-state index is 13.5. The minimum atomic E-state index is -3.70. The smallest absolute Gasteiger partial charge is 0.309 e. The fourth-order valence-corrected chi connectivity index (χ4v) is 5.94. The van der Waals surface area contributed by atoms with Crippen LogP contribution in [0.2, 0.25) is 5.02 Å². The maximum atomic E-state index is 13.5. The molecule has 0 N–H and O–H groups in total. The monoisotopic (exact) mass is 434 g/mol. The summed E-state index contributed by atoms with van der Waals surface area (Å²) < 4.78 is 46.5. The summed E-state index contributed by atoms with van der Waals surface area (Å²) >= 11 is 5.88. The molecule has 2 aliphatic rings. The lowest BCUT2D eigenvalue weighted by Crippen LogP contribution is -2.46.